The third kappa shape index (κ3) is 5.49. The number of nitrogens with one attached hydrogen (secondary N) is 2. The topological polar surface area (TPSA) is 78.4 Å². The van der Waals surface area contributed by atoms with Gasteiger partial charge in [0.15, 0.2) is 0 Å². The number of hydrogen-bond donors (Lipinski definition) is 2. The minimum Gasteiger partial charge on any atom is -0.497 e. The minimum atomic E-state index is 0.489. The molecule has 0 amide bonds. The van der Waals surface area contributed by atoms with E-state index in [1.54, 1.807) is 7.11 Å². The van der Waals surface area contributed by atoms with Crippen LogP contribution in [-0.2, 0) is 0 Å². The van der Waals surface area contributed by atoms with Gasteiger partial charge >= 0.3 is 0 Å². The summed E-state index contributed by atoms with van der Waals surface area (Å²) in [4.78, 5) is 18.9. The van der Waals surface area contributed by atoms with Crippen molar-refractivity contribution < 1.29 is 4.74 Å². The van der Waals surface area contributed by atoms with Crippen molar-refractivity contribution in [2.75, 3.05) is 53.7 Å². The fourth-order valence-corrected chi connectivity index (χ4v) is 4.22. The predicted octanol–water partition coefficient (Wildman–Crippen LogP) is 5.31. The van der Waals surface area contributed by atoms with Gasteiger partial charge in [0.05, 0.1) is 7.11 Å². The van der Waals surface area contributed by atoms with Crippen LogP contribution in [0.3, 0.4) is 0 Å². The molecule has 8 nitrogen and oxygen atoms in total. The summed E-state index contributed by atoms with van der Waals surface area (Å²) < 4.78 is 5.28. The average molecular weight is 482 g/mol. The van der Waals surface area contributed by atoms with Crippen LogP contribution in [0.1, 0.15) is 11.1 Å². The maximum Gasteiger partial charge on any atom is 0.233 e. The minimum absolute atomic E-state index is 0.489. The third-order valence-corrected chi connectivity index (χ3v) is 6.29. The van der Waals surface area contributed by atoms with E-state index < -0.39 is 0 Å². The first-order valence-corrected chi connectivity index (χ1v) is 12.1. The molecule has 36 heavy (non-hydrogen) atoms. The highest BCUT2D eigenvalue weighted by atomic mass is 16.5. The number of piperazine rings is 1. The highest BCUT2D eigenvalue weighted by Gasteiger charge is 2.21. The normalized spacial score (nSPS) is 13.4. The third-order valence-electron chi connectivity index (χ3n) is 6.29. The summed E-state index contributed by atoms with van der Waals surface area (Å²) >= 11 is 0. The molecule has 2 N–H and O–H groups in total. The zero-order chi connectivity index (χ0) is 24.9. The van der Waals surface area contributed by atoms with Gasteiger partial charge in [-0.05, 0) is 67.4 Å². The Morgan fingerprint density at radius 3 is 2.08 bits per heavy atom. The first-order chi connectivity index (χ1) is 17.6. The maximum atomic E-state index is 5.28. The van der Waals surface area contributed by atoms with Crippen LogP contribution in [0, 0.1) is 13.8 Å². The van der Waals surface area contributed by atoms with Gasteiger partial charge in [-0.3, -0.25) is 0 Å². The predicted molar refractivity (Wildman–Crippen MR) is 146 cm³/mol. The molecule has 1 aliphatic heterocycles. The van der Waals surface area contributed by atoms with Gasteiger partial charge in [0, 0.05) is 43.2 Å². The lowest BCUT2D eigenvalue weighted by molar-refractivity contribution is 0.415. The zero-order valence-electron chi connectivity index (χ0n) is 20.9. The SMILES string of the molecule is COc1ccc(Nc2nc(Nc3cc(C)ccc3C)nc(N3CCN(c4ccccc4)CC3)n2)cc1. The second-order valence-electron chi connectivity index (χ2n) is 8.89. The van der Waals surface area contributed by atoms with E-state index >= 15 is 0 Å². The molecule has 0 spiro atoms. The molecule has 184 valence electrons. The fourth-order valence-electron chi connectivity index (χ4n) is 4.22. The van der Waals surface area contributed by atoms with E-state index in [1.807, 2.05) is 30.3 Å². The zero-order valence-corrected chi connectivity index (χ0v) is 20.9. The monoisotopic (exact) mass is 481 g/mol. The van der Waals surface area contributed by atoms with Crippen molar-refractivity contribution in [1.29, 1.82) is 0 Å². The lowest BCUT2D eigenvalue weighted by Gasteiger charge is -2.36. The molecule has 5 rings (SSSR count). The Labute approximate surface area is 212 Å². The standard InChI is InChI=1S/C28H31N7O/c1-20-9-10-21(2)25(19-20)30-27-31-26(29-22-11-13-24(36-3)14-12-22)32-28(33-27)35-17-15-34(16-18-35)23-7-5-4-6-8-23/h4-14,19H,15-18H2,1-3H3,(H2,29,30,31,32,33). The number of rotatable bonds is 7. The van der Waals surface area contributed by atoms with Gasteiger partial charge in [-0.15, -0.1) is 0 Å². The summed E-state index contributed by atoms with van der Waals surface area (Å²) in [5.41, 5.74) is 5.40. The van der Waals surface area contributed by atoms with Crippen LogP contribution in [0.2, 0.25) is 0 Å². The van der Waals surface area contributed by atoms with Gasteiger partial charge in [-0.25, -0.2) is 0 Å². The maximum absolute atomic E-state index is 5.28. The van der Waals surface area contributed by atoms with E-state index in [0.29, 0.717) is 17.8 Å². The molecule has 0 radical (unpaired) electrons. The molecule has 0 saturated carbocycles. The Morgan fingerprint density at radius 1 is 0.722 bits per heavy atom. The number of ether oxygens (including phenoxy) is 1. The largest absolute Gasteiger partial charge is 0.497 e. The summed E-state index contributed by atoms with van der Waals surface area (Å²) in [5.74, 6) is 2.45. The van der Waals surface area contributed by atoms with Crippen LogP contribution in [0.25, 0.3) is 0 Å². The van der Waals surface area contributed by atoms with Crippen molar-refractivity contribution in [2.24, 2.45) is 0 Å². The smallest absolute Gasteiger partial charge is 0.233 e. The Hall–Kier alpha value is -4.33. The first-order valence-electron chi connectivity index (χ1n) is 12.1. The number of aryl methyl sites for hydroxylation is 2. The molecule has 3 aromatic carbocycles. The number of benzene rings is 3. The highest BCUT2D eigenvalue weighted by Crippen LogP contribution is 2.25. The van der Waals surface area contributed by atoms with Gasteiger partial charge in [-0.1, -0.05) is 30.3 Å². The van der Waals surface area contributed by atoms with Crippen LogP contribution < -0.4 is 25.2 Å². The molecule has 8 heteroatoms. The van der Waals surface area contributed by atoms with Gasteiger partial charge in [0.2, 0.25) is 17.8 Å². The van der Waals surface area contributed by atoms with Gasteiger partial charge in [0.1, 0.15) is 5.75 Å². The van der Waals surface area contributed by atoms with Crippen molar-refractivity contribution in [1.82, 2.24) is 15.0 Å². The molecule has 0 bridgehead atoms. The van der Waals surface area contributed by atoms with Crippen LogP contribution >= 0.6 is 0 Å². The molecule has 1 aliphatic rings. The Balaban J connectivity index is 1.40. The van der Waals surface area contributed by atoms with Crippen molar-refractivity contribution in [3.8, 4) is 5.75 Å². The summed E-state index contributed by atoms with van der Waals surface area (Å²) in [6.45, 7) is 7.59. The summed E-state index contributed by atoms with van der Waals surface area (Å²) in [6, 6.07) is 24.5. The Kier molecular flexibility index (Phi) is 6.84. The van der Waals surface area contributed by atoms with Crippen molar-refractivity contribution in [2.45, 2.75) is 13.8 Å². The molecule has 1 saturated heterocycles. The van der Waals surface area contributed by atoms with E-state index in [2.05, 4.69) is 81.7 Å². The molecular weight excluding hydrogens is 450 g/mol. The quantitative estimate of drug-likeness (QED) is 0.368. The summed E-state index contributed by atoms with van der Waals surface area (Å²) in [6.07, 6.45) is 0. The number of anilines is 6. The van der Waals surface area contributed by atoms with Crippen LogP contribution in [0.5, 0.6) is 5.75 Å². The molecule has 0 unspecified atom stereocenters. The highest BCUT2D eigenvalue weighted by molar-refractivity contribution is 5.63. The van der Waals surface area contributed by atoms with Gasteiger partial charge < -0.3 is 25.2 Å². The molecule has 2 heterocycles. The van der Waals surface area contributed by atoms with Crippen LogP contribution in [0.4, 0.5) is 34.9 Å². The second-order valence-corrected chi connectivity index (χ2v) is 8.89. The second kappa shape index (κ2) is 10.5. The van der Waals surface area contributed by atoms with Gasteiger partial charge in [0.25, 0.3) is 0 Å². The summed E-state index contributed by atoms with van der Waals surface area (Å²) in [5, 5.41) is 6.74. The average Bonchev–Trinajstić information content (AvgIpc) is 2.92. The Bertz CT molecular complexity index is 1300. The van der Waals surface area contributed by atoms with E-state index in [4.69, 9.17) is 14.7 Å². The first kappa shape index (κ1) is 23.4. The fraction of sp³-hybridized carbons (Fsp3) is 0.250. The molecular formula is C28H31N7O. The van der Waals surface area contributed by atoms with Crippen LogP contribution in [-0.4, -0.2) is 48.2 Å². The molecule has 4 aromatic rings. The van der Waals surface area contributed by atoms with Gasteiger partial charge in [-0.2, -0.15) is 15.0 Å². The Morgan fingerprint density at radius 2 is 1.39 bits per heavy atom. The summed E-state index contributed by atoms with van der Waals surface area (Å²) in [7, 11) is 1.66. The molecule has 1 fully saturated rings. The number of aromatic nitrogens is 3. The van der Waals surface area contributed by atoms with Crippen molar-refractivity contribution >= 4 is 34.9 Å². The van der Waals surface area contributed by atoms with E-state index in [9.17, 15) is 0 Å². The van der Waals surface area contributed by atoms with E-state index in [-0.39, 0.29) is 0 Å². The van der Waals surface area contributed by atoms with E-state index in [1.165, 1.54) is 11.3 Å². The number of nitrogens with zero attached hydrogens (tertiary/aromatic N) is 5. The van der Waals surface area contributed by atoms with Crippen molar-refractivity contribution in [3.63, 3.8) is 0 Å². The number of hydrogen-bond acceptors (Lipinski definition) is 8. The number of para-hydroxylation sites is 1. The molecule has 1 aromatic heterocycles. The number of methoxy groups -OCH3 is 1. The molecule has 0 aliphatic carbocycles. The van der Waals surface area contributed by atoms with Crippen molar-refractivity contribution in [3.05, 3.63) is 83.9 Å². The molecule has 0 atom stereocenters. The lowest BCUT2D eigenvalue weighted by atomic mass is 10.1. The lowest BCUT2D eigenvalue weighted by Crippen LogP contribution is -2.47. The van der Waals surface area contributed by atoms with E-state index in [0.717, 1.165) is 48.9 Å². The van der Waals surface area contributed by atoms with Crippen LogP contribution in [0.15, 0.2) is 72.8 Å².